The van der Waals surface area contributed by atoms with Gasteiger partial charge in [-0.25, -0.2) is 4.39 Å². The molecule has 8 heteroatoms. The van der Waals surface area contributed by atoms with Crippen molar-refractivity contribution in [1.29, 1.82) is 0 Å². The maximum Gasteiger partial charge on any atom is 0.230 e. The predicted molar refractivity (Wildman–Crippen MR) is 134 cm³/mol. The lowest BCUT2D eigenvalue weighted by molar-refractivity contribution is -0.119. The number of likely N-dealkylation sites (tertiary alicyclic amines) is 1. The van der Waals surface area contributed by atoms with Crippen molar-refractivity contribution in [3.63, 3.8) is 0 Å². The molecule has 0 aliphatic carbocycles. The van der Waals surface area contributed by atoms with Gasteiger partial charge in [0.05, 0.1) is 17.8 Å². The van der Waals surface area contributed by atoms with Crippen LogP contribution in [0.15, 0.2) is 53.7 Å². The van der Waals surface area contributed by atoms with E-state index < -0.39 is 0 Å². The predicted octanol–water partition coefficient (Wildman–Crippen LogP) is 5.23. The Labute approximate surface area is 205 Å². The number of benzene rings is 2. The Morgan fingerprint density at radius 2 is 1.76 bits per heavy atom. The van der Waals surface area contributed by atoms with E-state index in [0.717, 1.165) is 35.7 Å². The van der Waals surface area contributed by atoms with Crippen LogP contribution in [0.4, 0.5) is 4.39 Å². The molecule has 1 fully saturated rings. The molecule has 1 saturated heterocycles. The van der Waals surface area contributed by atoms with E-state index >= 15 is 0 Å². The molecule has 6 nitrogen and oxygen atoms in total. The van der Waals surface area contributed by atoms with Crippen LogP contribution in [0.2, 0.25) is 0 Å². The van der Waals surface area contributed by atoms with Crippen molar-refractivity contribution in [2.45, 2.75) is 57.3 Å². The van der Waals surface area contributed by atoms with Gasteiger partial charge in [-0.05, 0) is 82.1 Å². The van der Waals surface area contributed by atoms with Gasteiger partial charge in [-0.1, -0.05) is 42.4 Å². The molecule has 34 heavy (non-hydrogen) atoms. The lowest BCUT2D eigenvalue weighted by Crippen LogP contribution is -2.33. The molecular weight excluding hydrogens is 449 g/mol. The summed E-state index contributed by atoms with van der Waals surface area (Å²) in [5.41, 5.74) is 3.05. The van der Waals surface area contributed by atoms with Crippen LogP contribution >= 0.6 is 11.8 Å². The standard InChI is InChI=1S/C26H32FN5OS/c1-18-9-5-6-10-23(18)19(2)28-24(33)17-34-26-30-29-25(20(3)31-15-7-4-8-16-31)32(26)22-13-11-21(27)12-14-22/h5-6,9-14,19-20H,4,7-8,15-17H2,1-3H3,(H,28,33)/t19-,20+/m1/s1. The molecule has 180 valence electrons. The Bertz CT molecular complexity index is 1110. The Kier molecular flexibility index (Phi) is 8.00. The maximum absolute atomic E-state index is 13.6. The molecule has 0 unspecified atom stereocenters. The number of carbonyl (C=O) groups excluding carboxylic acids is 1. The molecule has 3 aromatic rings. The molecule has 0 bridgehead atoms. The van der Waals surface area contributed by atoms with Gasteiger partial charge < -0.3 is 5.32 Å². The summed E-state index contributed by atoms with van der Waals surface area (Å²) < 4.78 is 15.6. The minimum absolute atomic E-state index is 0.0694. The SMILES string of the molecule is Cc1ccccc1[C@@H](C)NC(=O)CSc1nnc([C@H](C)N2CCCCC2)n1-c1ccc(F)cc1. The summed E-state index contributed by atoms with van der Waals surface area (Å²) in [5, 5.41) is 12.7. The smallest absolute Gasteiger partial charge is 0.230 e. The number of carbonyl (C=O) groups is 1. The van der Waals surface area contributed by atoms with Crippen molar-refractivity contribution in [1.82, 2.24) is 25.0 Å². The van der Waals surface area contributed by atoms with E-state index in [0.29, 0.717) is 5.16 Å². The highest BCUT2D eigenvalue weighted by Crippen LogP contribution is 2.29. The number of thioether (sulfide) groups is 1. The van der Waals surface area contributed by atoms with Crippen molar-refractivity contribution < 1.29 is 9.18 Å². The average molecular weight is 482 g/mol. The van der Waals surface area contributed by atoms with Gasteiger partial charge in [0.1, 0.15) is 5.82 Å². The number of halogens is 1. The molecule has 1 amide bonds. The van der Waals surface area contributed by atoms with Gasteiger partial charge in [0.25, 0.3) is 0 Å². The van der Waals surface area contributed by atoms with Gasteiger partial charge in [0, 0.05) is 5.69 Å². The molecule has 1 aromatic heterocycles. The Morgan fingerprint density at radius 1 is 1.06 bits per heavy atom. The number of aryl methyl sites for hydroxylation is 1. The number of nitrogens with zero attached hydrogens (tertiary/aromatic N) is 4. The third-order valence-corrected chi connectivity index (χ3v) is 7.35. The first-order chi connectivity index (χ1) is 16.4. The quantitative estimate of drug-likeness (QED) is 0.446. The molecule has 2 aromatic carbocycles. The molecule has 4 rings (SSSR count). The fourth-order valence-electron chi connectivity index (χ4n) is 4.51. The molecule has 2 atom stereocenters. The molecule has 2 heterocycles. The zero-order valence-corrected chi connectivity index (χ0v) is 20.8. The van der Waals surface area contributed by atoms with E-state index in [2.05, 4.69) is 27.3 Å². The highest BCUT2D eigenvalue weighted by Gasteiger charge is 2.26. The van der Waals surface area contributed by atoms with Gasteiger partial charge in [0.2, 0.25) is 5.91 Å². The monoisotopic (exact) mass is 481 g/mol. The highest BCUT2D eigenvalue weighted by molar-refractivity contribution is 7.99. The van der Waals surface area contributed by atoms with Crippen LogP contribution < -0.4 is 5.32 Å². The summed E-state index contributed by atoms with van der Waals surface area (Å²) >= 11 is 1.35. The van der Waals surface area contributed by atoms with Gasteiger partial charge in [0.15, 0.2) is 11.0 Å². The van der Waals surface area contributed by atoms with E-state index in [9.17, 15) is 9.18 Å². The molecule has 1 aliphatic rings. The summed E-state index contributed by atoms with van der Waals surface area (Å²) in [6, 6.07) is 14.4. The minimum Gasteiger partial charge on any atom is -0.349 e. The molecule has 0 radical (unpaired) electrons. The third kappa shape index (κ3) is 5.67. The van der Waals surface area contributed by atoms with Crippen molar-refractivity contribution in [2.24, 2.45) is 0 Å². The van der Waals surface area contributed by atoms with Crippen LogP contribution in [0.1, 0.15) is 62.1 Å². The van der Waals surface area contributed by atoms with Crippen molar-refractivity contribution in [3.05, 3.63) is 71.3 Å². The molecular formula is C26H32FN5OS. The maximum atomic E-state index is 13.6. The fourth-order valence-corrected chi connectivity index (χ4v) is 5.28. The van der Waals surface area contributed by atoms with E-state index in [1.807, 2.05) is 42.7 Å². The van der Waals surface area contributed by atoms with E-state index in [4.69, 9.17) is 0 Å². The number of piperidine rings is 1. The Balaban J connectivity index is 1.51. The van der Waals surface area contributed by atoms with Crippen molar-refractivity contribution in [3.8, 4) is 5.69 Å². The summed E-state index contributed by atoms with van der Waals surface area (Å²) in [4.78, 5) is 15.2. The van der Waals surface area contributed by atoms with E-state index in [-0.39, 0.29) is 29.6 Å². The van der Waals surface area contributed by atoms with Crippen molar-refractivity contribution in [2.75, 3.05) is 18.8 Å². The van der Waals surface area contributed by atoms with Crippen molar-refractivity contribution >= 4 is 17.7 Å². The Morgan fingerprint density at radius 3 is 2.47 bits per heavy atom. The summed E-state index contributed by atoms with van der Waals surface area (Å²) in [5.74, 6) is 0.666. The second kappa shape index (κ2) is 11.1. The van der Waals surface area contributed by atoms with E-state index in [1.54, 1.807) is 12.1 Å². The zero-order chi connectivity index (χ0) is 24.1. The number of aromatic nitrogens is 3. The van der Waals surface area contributed by atoms with Crippen LogP contribution in [-0.2, 0) is 4.79 Å². The normalized spacial score (nSPS) is 16.2. The van der Waals surface area contributed by atoms with Crippen LogP contribution in [0, 0.1) is 12.7 Å². The molecule has 0 spiro atoms. The van der Waals surface area contributed by atoms with Crippen LogP contribution in [0.25, 0.3) is 5.69 Å². The first-order valence-electron chi connectivity index (χ1n) is 11.9. The van der Waals surface area contributed by atoms with Gasteiger partial charge in [-0.3, -0.25) is 14.3 Å². The minimum atomic E-state index is -0.291. The zero-order valence-electron chi connectivity index (χ0n) is 20.0. The summed E-state index contributed by atoms with van der Waals surface area (Å²) in [7, 11) is 0. The number of nitrogens with one attached hydrogen (secondary N) is 1. The topological polar surface area (TPSA) is 63.1 Å². The Hall–Kier alpha value is -2.71. The number of rotatable bonds is 8. The average Bonchev–Trinajstić information content (AvgIpc) is 3.27. The van der Waals surface area contributed by atoms with Crippen LogP contribution in [0.5, 0.6) is 0 Å². The third-order valence-electron chi connectivity index (χ3n) is 6.42. The van der Waals surface area contributed by atoms with Gasteiger partial charge in [-0.2, -0.15) is 0 Å². The second-order valence-electron chi connectivity index (χ2n) is 8.86. The largest absolute Gasteiger partial charge is 0.349 e. The first kappa shape index (κ1) is 24.4. The lowest BCUT2D eigenvalue weighted by atomic mass is 10.0. The highest BCUT2D eigenvalue weighted by atomic mass is 32.2. The molecule has 1 aliphatic heterocycles. The second-order valence-corrected chi connectivity index (χ2v) is 9.80. The summed E-state index contributed by atoms with van der Waals surface area (Å²) in [6.45, 7) is 8.23. The lowest BCUT2D eigenvalue weighted by Gasteiger charge is -2.31. The first-order valence-corrected chi connectivity index (χ1v) is 12.9. The van der Waals surface area contributed by atoms with Gasteiger partial charge >= 0.3 is 0 Å². The van der Waals surface area contributed by atoms with E-state index in [1.165, 1.54) is 43.2 Å². The van der Waals surface area contributed by atoms with Crippen LogP contribution in [0.3, 0.4) is 0 Å². The molecule has 0 saturated carbocycles. The van der Waals surface area contributed by atoms with Gasteiger partial charge in [-0.15, -0.1) is 10.2 Å². The number of hydrogen-bond acceptors (Lipinski definition) is 5. The molecule has 1 N–H and O–H groups in total. The summed E-state index contributed by atoms with van der Waals surface area (Å²) in [6.07, 6.45) is 3.61. The number of hydrogen-bond donors (Lipinski definition) is 1. The van der Waals surface area contributed by atoms with Crippen LogP contribution in [-0.4, -0.2) is 44.4 Å². The number of amides is 1. The fraction of sp³-hybridized carbons (Fsp3) is 0.423.